The fourth-order valence-electron chi connectivity index (χ4n) is 2.22. The van der Waals surface area contributed by atoms with Gasteiger partial charge in [0.25, 0.3) is 0 Å². The summed E-state index contributed by atoms with van der Waals surface area (Å²) in [6, 6.07) is 6.41. The zero-order valence-electron chi connectivity index (χ0n) is 13.3. The highest BCUT2D eigenvalue weighted by atomic mass is 32.1. The molecule has 0 aliphatic carbocycles. The normalized spacial score (nSPS) is 12.5. The number of nitrogens with one attached hydrogen (secondary N) is 1. The predicted octanol–water partition coefficient (Wildman–Crippen LogP) is 3.69. The van der Waals surface area contributed by atoms with Crippen LogP contribution in [0.15, 0.2) is 23.6 Å². The zero-order chi connectivity index (χ0) is 15.4. The second kappa shape index (κ2) is 6.91. The van der Waals surface area contributed by atoms with Gasteiger partial charge in [0.05, 0.1) is 29.5 Å². The van der Waals surface area contributed by atoms with E-state index in [4.69, 9.17) is 4.74 Å². The average molecular weight is 305 g/mol. The summed E-state index contributed by atoms with van der Waals surface area (Å²) in [5, 5.41) is 6.70. The van der Waals surface area contributed by atoms with Crippen molar-refractivity contribution in [3.63, 3.8) is 0 Å². The third-order valence-corrected chi connectivity index (χ3v) is 4.01. The van der Waals surface area contributed by atoms with Crippen LogP contribution in [0.1, 0.15) is 29.2 Å². The number of aryl methyl sites for hydroxylation is 1. The van der Waals surface area contributed by atoms with E-state index in [1.807, 2.05) is 13.0 Å². The lowest BCUT2D eigenvalue weighted by Crippen LogP contribution is -2.12. The van der Waals surface area contributed by atoms with Crippen molar-refractivity contribution in [3.8, 4) is 5.75 Å². The van der Waals surface area contributed by atoms with E-state index in [-0.39, 0.29) is 6.04 Å². The van der Waals surface area contributed by atoms with Gasteiger partial charge in [-0.05, 0) is 45.6 Å². The summed E-state index contributed by atoms with van der Waals surface area (Å²) >= 11 is 1.68. The second-order valence-electron chi connectivity index (χ2n) is 5.43. The average Bonchev–Trinajstić information content (AvgIpc) is 2.85. The highest BCUT2D eigenvalue weighted by molar-refractivity contribution is 7.09. The summed E-state index contributed by atoms with van der Waals surface area (Å²) in [5.74, 6) is 0.858. The lowest BCUT2D eigenvalue weighted by molar-refractivity contribution is 0.400. The molecule has 1 atom stereocenters. The van der Waals surface area contributed by atoms with Gasteiger partial charge in [0.15, 0.2) is 0 Å². The van der Waals surface area contributed by atoms with Gasteiger partial charge in [-0.25, -0.2) is 4.98 Å². The molecule has 0 spiro atoms. The fourth-order valence-corrected chi connectivity index (χ4v) is 2.92. The Kier molecular flexibility index (Phi) is 5.20. The standard InChI is InChI=1S/C16H23N3OS/c1-11(15-10-21-12(2)18-15)17-14-8-13(9-19(3)4)6-7-16(14)20-5/h6-8,10-11,17H,9H2,1-5H3. The first-order chi connectivity index (χ1) is 9.99. The van der Waals surface area contributed by atoms with Gasteiger partial charge >= 0.3 is 0 Å². The Morgan fingerprint density at radius 1 is 1.38 bits per heavy atom. The maximum Gasteiger partial charge on any atom is 0.141 e. The minimum Gasteiger partial charge on any atom is -0.495 e. The Labute approximate surface area is 130 Å². The van der Waals surface area contributed by atoms with Crippen molar-refractivity contribution >= 4 is 17.0 Å². The van der Waals surface area contributed by atoms with Crippen LogP contribution in [0.3, 0.4) is 0 Å². The van der Waals surface area contributed by atoms with E-state index in [1.165, 1.54) is 5.56 Å². The molecule has 0 aliphatic rings. The number of nitrogens with zero attached hydrogens (tertiary/aromatic N) is 2. The van der Waals surface area contributed by atoms with Crippen molar-refractivity contribution in [1.82, 2.24) is 9.88 Å². The smallest absolute Gasteiger partial charge is 0.141 e. The molecule has 2 aromatic rings. The topological polar surface area (TPSA) is 37.4 Å². The Hall–Kier alpha value is -1.59. The Bertz CT molecular complexity index is 595. The summed E-state index contributed by atoms with van der Waals surface area (Å²) < 4.78 is 5.45. The van der Waals surface area contributed by atoms with Crippen LogP contribution in [0, 0.1) is 6.92 Å². The minimum atomic E-state index is 0.151. The van der Waals surface area contributed by atoms with Gasteiger partial charge in [0, 0.05) is 11.9 Å². The predicted molar refractivity (Wildman–Crippen MR) is 89.3 cm³/mol. The number of rotatable bonds is 6. The lowest BCUT2D eigenvalue weighted by Gasteiger charge is -2.18. The van der Waals surface area contributed by atoms with Gasteiger partial charge in [-0.1, -0.05) is 6.07 Å². The molecule has 0 radical (unpaired) electrons. The highest BCUT2D eigenvalue weighted by Crippen LogP contribution is 2.30. The summed E-state index contributed by atoms with van der Waals surface area (Å²) in [7, 11) is 5.83. The van der Waals surface area contributed by atoms with Crippen LogP contribution in [0.25, 0.3) is 0 Å². The van der Waals surface area contributed by atoms with E-state index in [0.717, 1.165) is 28.7 Å². The van der Waals surface area contributed by atoms with E-state index in [2.05, 4.69) is 53.7 Å². The van der Waals surface area contributed by atoms with Gasteiger partial charge in [-0.15, -0.1) is 11.3 Å². The van der Waals surface area contributed by atoms with Gasteiger partial charge < -0.3 is 15.0 Å². The van der Waals surface area contributed by atoms with E-state index < -0.39 is 0 Å². The molecule has 0 bridgehead atoms. The molecule has 1 heterocycles. The van der Waals surface area contributed by atoms with Crippen molar-refractivity contribution in [2.45, 2.75) is 26.4 Å². The first-order valence-electron chi connectivity index (χ1n) is 7.00. The number of hydrogen-bond donors (Lipinski definition) is 1. The van der Waals surface area contributed by atoms with Crippen molar-refractivity contribution in [2.75, 3.05) is 26.5 Å². The lowest BCUT2D eigenvalue weighted by atomic mass is 10.1. The number of hydrogen-bond acceptors (Lipinski definition) is 5. The molecule has 2 rings (SSSR count). The summed E-state index contributed by atoms with van der Waals surface area (Å²) in [6.07, 6.45) is 0. The quantitative estimate of drug-likeness (QED) is 0.883. The molecule has 1 aromatic heterocycles. The van der Waals surface area contributed by atoms with Crippen molar-refractivity contribution in [1.29, 1.82) is 0 Å². The van der Waals surface area contributed by atoms with Gasteiger partial charge in [-0.2, -0.15) is 0 Å². The number of methoxy groups -OCH3 is 1. The fraction of sp³-hybridized carbons (Fsp3) is 0.438. The molecular weight excluding hydrogens is 282 g/mol. The van der Waals surface area contributed by atoms with Crippen LogP contribution >= 0.6 is 11.3 Å². The van der Waals surface area contributed by atoms with Crippen molar-refractivity contribution < 1.29 is 4.74 Å². The van der Waals surface area contributed by atoms with Gasteiger partial charge in [0.2, 0.25) is 0 Å². The minimum absolute atomic E-state index is 0.151. The van der Waals surface area contributed by atoms with Gasteiger partial charge in [0.1, 0.15) is 5.75 Å². The molecule has 0 amide bonds. The Morgan fingerprint density at radius 3 is 2.71 bits per heavy atom. The number of thiazole rings is 1. The number of aromatic nitrogens is 1. The first-order valence-corrected chi connectivity index (χ1v) is 7.87. The number of benzene rings is 1. The van der Waals surface area contributed by atoms with Crippen molar-refractivity contribution in [3.05, 3.63) is 39.8 Å². The van der Waals surface area contributed by atoms with Crippen LogP contribution in [-0.4, -0.2) is 31.1 Å². The molecule has 1 unspecified atom stereocenters. The molecule has 0 fully saturated rings. The van der Waals surface area contributed by atoms with E-state index >= 15 is 0 Å². The molecule has 4 nitrogen and oxygen atoms in total. The maximum atomic E-state index is 5.45. The molecule has 1 aromatic carbocycles. The molecule has 114 valence electrons. The maximum absolute atomic E-state index is 5.45. The second-order valence-corrected chi connectivity index (χ2v) is 6.49. The summed E-state index contributed by atoms with van der Waals surface area (Å²) in [4.78, 5) is 6.69. The molecule has 21 heavy (non-hydrogen) atoms. The molecule has 0 saturated carbocycles. The van der Waals surface area contributed by atoms with Gasteiger partial charge in [-0.3, -0.25) is 0 Å². The molecule has 0 saturated heterocycles. The molecule has 0 aliphatic heterocycles. The van der Waals surface area contributed by atoms with E-state index in [9.17, 15) is 0 Å². The van der Waals surface area contributed by atoms with Crippen LogP contribution in [0.5, 0.6) is 5.75 Å². The van der Waals surface area contributed by atoms with Crippen LogP contribution in [-0.2, 0) is 6.54 Å². The van der Waals surface area contributed by atoms with Crippen LogP contribution in [0.2, 0.25) is 0 Å². The SMILES string of the molecule is COc1ccc(CN(C)C)cc1NC(C)c1csc(C)n1. The van der Waals surface area contributed by atoms with Crippen molar-refractivity contribution in [2.24, 2.45) is 0 Å². The Balaban J connectivity index is 2.20. The number of anilines is 1. The largest absolute Gasteiger partial charge is 0.495 e. The highest BCUT2D eigenvalue weighted by Gasteiger charge is 2.12. The van der Waals surface area contributed by atoms with E-state index in [0.29, 0.717) is 0 Å². The van der Waals surface area contributed by atoms with Crippen LogP contribution in [0.4, 0.5) is 5.69 Å². The number of ether oxygens (including phenoxy) is 1. The Morgan fingerprint density at radius 2 is 2.14 bits per heavy atom. The third kappa shape index (κ3) is 4.19. The zero-order valence-corrected chi connectivity index (χ0v) is 14.1. The molecular formula is C16H23N3OS. The summed E-state index contributed by atoms with van der Waals surface area (Å²) in [6.45, 7) is 5.05. The molecule has 1 N–H and O–H groups in total. The van der Waals surface area contributed by atoms with E-state index in [1.54, 1.807) is 18.4 Å². The third-order valence-electron chi connectivity index (χ3n) is 3.22. The first kappa shape index (κ1) is 15.8. The van der Waals surface area contributed by atoms with Crippen LogP contribution < -0.4 is 10.1 Å². The summed E-state index contributed by atoms with van der Waals surface area (Å²) in [5.41, 5.74) is 3.33. The molecule has 5 heteroatoms. The monoisotopic (exact) mass is 305 g/mol.